The van der Waals surface area contributed by atoms with E-state index >= 15 is 0 Å². The first-order valence-corrected chi connectivity index (χ1v) is 6.54. The molecule has 0 unspecified atom stereocenters. The molecule has 4 heteroatoms. The van der Waals surface area contributed by atoms with Crippen LogP contribution in [-0.4, -0.2) is 23.1 Å². The smallest absolute Gasteiger partial charge is 0.336 e. The SMILES string of the molecule is CCN(CC)Cc1c(O)ccc2c(C)cc(=O)oc12. The fraction of sp³-hybridized carbons (Fsp3) is 0.400. The lowest BCUT2D eigenvalue weighted by Gasteiger charge is -2.19. The first-order valence-electron chi connectivity index (χ1n) is 6.54. The molecule has 1 N–H and O–H groups in total. The van der Waals surface area contributed by atoms with E-state index in [1.54, 1.807) is 12.1 Å². The van der Waals surface area contributed by atoms with Gasteiger partial charge in [-0.2, -0.15) is 0 Å². The molecule has 0 amide bonds. The van der Waals surface area contributed by atoms with E-state index in [-0.39, 0.29) is 11.4 Å². The number of hydrogen-bond acceptors (Lipinski definition) is 4. The summed E-state index contributed by atoms with van der Waals surface area (Å²) in [5, 5.41) is 10.9. The molecule has 0 saturated carbocycles. The Balaban J connectivity index is 2.64. The van der Waals surface area contributed by atoms with E-state index in [9.17, 15) is 9.90 Å². The van der Waals surface area contributed by atoms with Gasteiger partial charge in [0.2, 0.25) is 0 Å². The number of benzene rings is 1. The van der Waals surface area contributed by atoms with E-state index in [1.165, 1.54) is 6.07 Å². The van der Waals surface area contributed by atoms with Crippen LogP contribution in [0.5, 0.6) is 5.75 Å². The molecule has 0 spiro atoms. The number of phenols is 1. The van der Waals surface area contributed by atoms with Gasteiger partial charge >= 0.3 is 5.63 Å². The number of fused-ring (bicyclic) bond motifs is 1. The van der Waals surface area contributed by atoms with Gasteiger partial charge in [0.05, 0.1) is 5.56 Å². The zero-order chi connectivity index (χ0) is 14.0. The molecule has 2 rings (SSSR count). The summed E-state index contributed by atoms with van der Waals surface area (Å²) in [4.78, 5) is 13.7. The van der Waals surface area contributed by atoms with Crippen LogP contribution < -0.4 is 5.63 Å². The minimum Gasteiger partial charge on any atom is -0.507 e. The maximum Gasteiger partial charge on any atom is 0.336 e. The average Bonchev–Trinajstić information content (AvgIpc) is 2.37. The lowest BCUT2D eigenvalue weighted by atomic mass is 10.1. The number of nitrogens with zero attached hydrogens (tertiary/aromatic N) is 1. The van der Waals surface area contributed by atoms with Crippen molar-refractivity contribution in [1.29, 1.82) is 0 Å². The highest BCUT2D eigenvalue weighted by molar-refractivity contribution is 5.84. The van der Waals surface area contributed by atoms with Gasteiger partial charge in [0.1, 0.15) is 11.3 Å². The van der Waals surface area contributed by atoms with Gasteiger partial charge in [0.25, 0.3) is 0 Å². The van der Waals surface area contributed by atoms with E-state index in [0.29, 0.717) is 17.7 Å². The van der Waals surface area contributed by atoms with Crippen LogP contribution in [0.25, 0.3) is 11.0 Å². The average molecular weight is 261 g/mol. The van der Waals surface area contributed by atoms with E-state index in [2.05, 4.69) is 18.7 Å². The van der Waals surface area contributed by atoms with Crippen LogP contribution in [0.3, 0.4) is 0 Å². The summed E-state index contributed by atoms with van der Waals surface area (Å²) < 4.78 is 5.30. The summed E-state index contributed by atoms with van der Waals surface area (Å²) in [6.07, 6.45) is 0. The topological polar surface area (TPSA) is 53.7 Å². The first-order chi connectivity index (χ1) is 9.06. The number of aromatic hydroxyl groups is 1. The highest BCUT2D eigenvalue weighted by Crippen LogP contribution is 2.29. The Labute approximate surface area is 112 Å². The molecule has 0 radical (unpaired) electrons. The van der Waals surface area contributed by atoms with Crippen molar-refractivity contribution in [2.45, 2.75) is 27.3 Å². The van der Waals surface area contributed by atoms with E-state index < -0.39 is 0 Å². The maximum atomic E-state index is 11.5. The number of rotatable bonds is 4. The molecule has 0 atom stereocenters. The van der Waals surface area contributed by atoms with Crippen LogP contribution in [-0.2, 0) is 6.54 Å². The number of hydrogen-bond donors (Lipinski definition) is 1. The van der Waals surface area contributed by atoms with Crippen molar-refractivity contribution in [3.05, 3.63) is 39.7 Å². The third-order valence-corrected chi connectivity index (χ3v) is 3.47. The molecular formula is C15H19NO3. The van der Waals surface area contributed by atoms with Gasteiger partial charge in [-0.25, -0.2) is 4.79 Å². The lowest BCUT2D eigenvalue weighted by Crippen LogP contribution is -2.22. The number of phenolic OH excluding ortho intramolecular Hbond substituents is 1. The maximum absolute atomic E-state index is 11.5. The Morgan fingerprint density at radius 3 is 2.58 bits per heavy atom. The quantitative estimate of drug-likeness (QED) is 0.860. The van der Waals surface area contributed by atoms with Crippen LogP contribution in [0, 0.1) is 6.92 Å². The summed E-state index contributed by atoms with van der Waals surface area (Å²) in [6.45, 7) is 8.32. The van der Waals surface area contributed by atoms with E-state index in [1.807, 2.05) is 6.92 Å². The van der Waals surface area contributed by atoms with Gasteiger partial charge in [-0.05, 0) is 37.7 Å². The molecule has 1 aromatic carbocycles. The molecule has 0 aliphatic carbocycles. The highest BCUT2D eigenvalue weighted by Gasteiger charge is 2.14. The van der Waals surface area contributed by atoms with E-state index in [4.69, 9.17) is 4.42 Å². The van der Waals surface area contributed by atoms with Crippen molar-refractivity contribution in [1.82, 2.24) is 4.90 Å². The van der Waals surface area contributed by atoms with Crippen molar-refractivity contribution in [2.75, 3.05) is 13.1 Å². The molecule has 1 heterocycles. The van der Waals surface area contributed by atoms with E-state index in [0.717, 1.165) is 24.0 Å². The summed E-state index contributed by atoms with van der Waals surface area (Å²) >= 11 is 0. The van der Waals surface area contributed by atoms with Crippen molar-refractivity contribution in [2.24, 2.45) is 0 Å². The van der Waals surface area contributed by atoms with Gasteiger partial charge in [-0.15, -0.1) is 0 Å². The summed E-state index contributed by atoms with van der Waals surface area (Å²) in [5.41, 5.74) is 1.67. The summed E-state index contributed by atoms with van der Waals surface area (Å²) in [7, 11) is 0. The molecular weight excluding hydrogens is 242 g/mol. The largest absolute Gasteiger partial charge is 0.507 e. The Kier molecular flexibility index (Phi) is 3.90. The zero-order valence-electron chi connectivity index (χ0n) is 11.6. The molecule has 0 fully saturated rings. The Bertz CT molecular complexity index is 642. The molecule has 1 aromatic heterocycles. The van der Waals surface area contributed by atoms with Gasteiger partial charge in [-0.3, -0.25) is 4.90 Å². The number of aryl methyl sites for hydroxylation is 1. The summed E-state index contributed by atoms with van der Waals surface area (Å²) in [5.74, 6) is 0.174. The minimum absolute atomic E-state index is 0.174. The second-order valence-electron chi connectivity index (χ2n) is 4.65. The van der Waals surface area contributed by atoms with Crippen molar-refractivity contribution in [3.8, 4) is 5.75 Å². The van der Waals surface area contributed by atoms with Gasteiger partial charge < -0.3 is 9.52 Å². The van der Waals surface area contributed by atoms with Crippen molar-refractivity contribution < 1.29 is 9.52 Å². The van der Waals surface area contributed by atoms with Crippen LogP contribution in [0.1, 0.15) is 25.0 Å². The fourth-order valence-electron chi connectivity index (χ4n) is 2.25. The molecule has 19 heavy (non-hydrogen) atoms. The normalized spacial score (nSPS) is 11.4. The molecule has 0 bridgehead atoms. The van der Waals surface area contributed by atoms with Crippen LogP contribution in [0.4, 0.5) is 0 Å². The van der Waals surface area contributed by atoms with Crippen molar-refractivity contribution in [3.63, 3.8) is 0 Å². The van der Waals surface area contributed by atoms with Gasteiger partial charge in [0, 0.05) is 18.0 Å². The monoisotopic (exact) mass is 261 g/mol. The second-order valence-corrected chi connectivity index (χ2v) is 4.65. The molecule has 102 valence electrons. The fourth-order valence-corrected chi connectivity index (χ4v) is 2.25. The predicted molar refractivity (Wildman–Crippen MR) is 75.5 cm³/mol. The zero-order valence-corrected chi connectivity index (χ0v) is 11.6. The molecule has 0 aliphatic heterocycles. The van der Waals surface area contributed by atoms with Gasteiger partial charge in [0.15, 0.2) is 0 Å². The highest BCUT2D eigenvalue weighted by atomic mass is 16.4. The second kappa shape index (κ2) is 5.45. The lowest BCUT2D eigenvalue weighted by molar-refractivity contribution is 0.290. The molecule has 0 aliphatic rings. The molecule has 2 aromatic rings. The Morgan fingerprint density at radius 1 is 1.26 bits per heavy atom. The van der Waals surface area contributed by atoms with Crippen LogP contribution >= 0.6 is 0 Å². The molecule has 0 saturated heterocycles. The summed E-state index contributed by atoms with van der Waals surface area (Å²) in [6, 6.07) is 4.92. The Hall–Kier alpha value is -1.81. The third kappa shape index (κ3) is 2.63. The minimum atomic E-state index is -0.378. The van der Waals surface area contributed by atoms with Crippen molar-refractivity contribution >= 4 is 11.0 Å². The van der Waals surface area contributed by atoms with Gasteiger partial charge in [-0.1, -0.05) is 13.8 Å². The van der Waals surface area contributed by atoms with Crippen LogP contribution in [0.15, 0.2) is 27.4 Å². The first kappa shape index (κ1) is 13.6. The van der Waals surface area contributed by atoms with Crippen LogP contribution in [0.2, 0.25) is 0 Å². The predicted octanol–water partition coefficient (Wildman–Crippen LogP) is 2.65. The Morgan fingerprint density at radius 2 is 1.95 bits per heavy atom. The standard InChI is InChI=1S/C15H19NO3/c1-4-16(5-2)9-12-13(17)7-6-11-10(3)8-14(18)19-15(11)12/h6-8,17H,4-5,9H2,1-3H3. The third-order valence-electron chi connectivity index (χ3n) is 3.47. The molecule has 4 nitrogen and oxygen atoms in total.